The van der Waals surface area contributed by atoms with Crippen LogP contribution in [-0.2, 0) is 4.79 Å². The number of hydrogen-bond donors (Lipinski definition) is 1. The van der Waals surface area contributed by atoms with Gasteiger partial charge in [-0.1, -0.05) is 67.1 Å². The Morgan fingerprint density at radius 1 is 1.23 bits per heavy atom. The van der Waals surface area contributed by atoms with Gasteiger partial charge >= 0.3 is 0 Å². The van der Waals surface area contributed by atoms with Crippen LogP contribution in [0.1, 0.15) is 45.4 Å². The fraction of sp³-hybridized carbons (Fsp3) is 0.500. The van der Waals surface area contributed by atoms with Crippen molar-refractivity contribution in [1.82, 2.24) is 4.98 Å². The van der Waals surface area contributed by atoms with Gasteiger partial charge in [0.05, 0.1) is 15.2 Å². The number of amides is 1. The summed E-state index contributed by atoms with van der Waals surface area (Å²) in [6, 6.07) is 3.46. The van der Waals surface area contributed by atoms with Crippen molar-refractivity contribution >= 4 is 55.8 Å². The van der Waals surface area contributed by atoms with Crippen molar-refractivity contribution in [3.63, 3.8) is 0 Å². The van der Waals surface area contributed by atoms with Crippen molar-refractivity contribution in [3.05, 3.63) is 22.2 Å². The van der Waals surface area contributed by atoms with Crippen LogP contribution in [0.4, 0.5) is 5.13 Å². The Morgan fingerprint density at radius 3 is 2.59 bits per heavy atom. The number of carbonyl (C=O) groups is 1. The minimum Gasteiger partial charge on any atom is -0.301 e. The molecule has 0 saturated heterocycles. The average molecular weight is 357 g/mol. The molecule has 1 aliphatic carbocycles. The number of benzene rings is 1. The van der Waals surface area contributed by atoms with Gasteiger partial charge in [-0.15, -0.1) is 0 Å². The van der Waals surface area contributed by atoms with E-state index in [9.17, 15) is 4.79 Å². The maximum atomic E-state index is 12.7. The van der Waals surface area contributed by atoms with Crippen molar-refractivity contribution in [3.8, 4) is 0 Å². The van der Waals surface area contributed by atoms with Gasteiger partial charge in [0, 0.05) is 10.4 Å². The summed E-state index contributed by atoms with van der Waals surface area (Å²) in [6.45, 7) is 2.06. The molecule has 1 fully saturated rings. The summed E-state index contributed by atoms with van der Waals surface area (Å²) < 4.78 is 0.854. The molecule has 3 rings (SSSR count). The quantitative estimate of drug-likeness (QED) is 0.680. The predicted octanol–water partition coefficient (Wildman–Crippen LogP) is 5.90. The van der Waals surface area contributed by atoms with Gasteiger partial charge in [-0.05, 0) is 25.0 Å². The topological polar surface area (TPSA) is 42.0 Å². The van der Waals surface area contributed by atoms with E-state index in [1.807, 2.05) is 0 Å². The highest BCUT2D eigenvalue weighted by atomic mass is 35.5. The Kier molecular flexibility index (Phi) is 4.62. The van der Waals surface area contributed by atoms with Crippen LogP contribution in [0, 0.1) is 5.41 Å². The SMILES string of the molecule is CC1(C(=O)Nc2nc3cc(Cl)cc(Cl)c3s2)CCCCCC1. The summed E-state index contributed by atoms with van der Waals surface area (Å²) in [5.41, 5.74) is 0.430. The first kappa shape index (κ1) is 16.0. The molecular weight excluding hydrogens is 339 g/mol. The lowest BCUT2D eigenvalue weighted by atomic mass is 9.82. The minimum absolute atomic E-state index is 0.0654. The summed E-state index contributed by atoms with van der Waals surface area (Å²) in [5.74, 6) is 0.0654. The standard InChI is InChI=1S/C16H18Cl2N2OS/c1-16(6-4-2-3-5-7-16)14(21)20-15-19-12-9-10(17)8-11(18)13(12)22-15/h8-9H,2-7H2,1H3,(H,19,20,21). The third kappa shape index (κ3) is 3.24. The van der Waals surface area contributed by atoms with E-state index in [1.54, 1.807) is 12.1 Å². The number of nitrogens with one attached hydrogen (secondary N) is 1. The Balaban J connectivity index is 1.83. The zero-order valence-electron chi connectivity index (χ0n) is 12.4. The van der Waals surface area contributed by atoms with Crippen LogP contribution in [0.25, 0.3) is 10.2 Å². The number of aromatic nitrogens is 1. The molecule has 0 bridgehead atoms. The zero-order valence-corrected chi connectivity index (χ0v) is 14.7. The first-order chi connectivity index (χ1) is 10.5. The van der Waals surface area contributed by atoms with Gasteiger partial charge in [-0.3, -0.25) is 4.79 Å². The van der Waals surface area contributed by atoms with Gasteiger partial charge in [-0.25, -0.2) is 4.98 Å². The van der Waals surface area contributed by atoms with Gasteiger partial charge in [0.2, 0.25) is 5.91 Å². The molecule has 1 saturated carbocycles. The molecule has 118 valence electrons. The lowest BCUT2D eigenvalue weighted by Crippen LogP contribution is -2.33. The van der Waals surface area contributed by atoms with E-state index < -0.39 is 0 Å². The van der Waals surface area contributed by atoms with Crippen molar-refractivity contribution < 1.29 is 4.79 Å². The predicted molar refractivity (Wildman–Crippen MR) is 94.1 cm³/mol. The molecular formula is C16H18Cl2N2OS. The molecule has 2 aromatic rings. The summed E-state index contributed by atoms with van der Waals surface area (Å²) in [6.07, 6.45) is 6.55. The maximum absolute atomic E-state index is 12.7. The number of anilines is 1. The summed E-state index contributed by atoms with van der Waals surface area (Å²) in [4.78, 5) is 17.1. The Hall–Kier alpha value is -0.840. The molecule has 1 amide bonds. The molecule has 1 N–H and O–H groups in total. The number of hydrogen-bond acceptors (Lipinski definition) is 3. The number of thiazole rings is 1. The lowest BCUT2D eigenvalue weighted by molar-refractivity contribution is -0.125. The molecule has 22 heavy (non-hydrogen) atoms. The van der Waals surface area contributed by atoms with Gasteiger partial charge in [0.25, 0.3) is 0 Å². The fourth-order valence-corrected chi connectivity index (χ4v) is 4.44. The lowest BCUT2D eigenvalue weighted by Gasteiger charge is -2.25. The number of halogens is 2. The number of rotatable bonds is 2. The average Bonchev–Trinajstić information content (AvgIpc) is 2.71. The van der Waals surface area contributed by atoms with Crippen LogP contribution in [-0.4, -0.2) is 10.9 Å². The van der Waals surface area contributed by atoms with Crippen molar-refractivity contribution in [1.29, 1.82) is 0 Å². The van der Waals surface area contributed by atoms with Gasteiger partial charge in [0.1, 0.15) is 0 Å². The molecule has 1 aromatic carbocycles. The monoisotopic (exact) mass is 356 g/mol. The third-order valence-electron chi connectivity index (χ3n) is 4.39. The number of fused-ring (bicyclic) bond motifs is 1. The Labute approximate surface area is 144 Å². The Bertz CT molecular complexity index is 705. The second-order valence-electron chi connectivity index (χ2n) is 6.18. The van der Waals surface area contributed by atoms with Crippen LogP contribution in [0.2, 0.25) is 10.0 Å². The van der Waals surface area contributed by atoms with E-state index in [-0.39, 0.29) is 11.3 Å². The molecule has 1 aliphatic rings. The minimum atomic E-state index is -0.296. The van der Waals surface area contributed by atoms with E-state index in [1.165, 1.54) is 24.2 Å². The van der Waals surface area contributed by atoms with Crippen LogP contribution in [0.15, 0.2) is 12.1 Å². The fourth-order valence-electron chi connectivity index (χ4n) is 3.00. The second-order valence-corrected chi connectivity index (χ2v) is 8.03. The van der Waals surface area contributed by atoms with Crippen LogP contribution in [0.5, 0.6) is 0 Å². The Morgan fingerprint density at radius 2 is 1.91 bits per heavy atom. The van der Waals surface area contributed by atoms with Crippen LogP contribution >= 0.6 is 34.5 Å². The maximum Gasteiger partial charge on any atom is 0.232 e. The normalized spacial score (nSPS) is 18.1. The van der Waals surface area contributed by atoms with E-state index in [4.69, 9.17) is 23.2 Å². The molecule has 3 nitrogen and oxygen atoms in total. The number of carbonyl (C=O) groups excluding carboxylic acids is 1. The molecule has 1 aromatic heterocycles. The third-order valence-corrected chi connectivity index (χ3v) is 6.03. The second kappa shape index (κ2) is 6.34. The van der Waals surface area contributed by atoms with Gasteiger partial charge in [0.15, 0.2) is 5.13 Å². The largest absolute Gasteiger partial charge is 0.301 e. The van der Waals surface area contributed by atoms with E-state index >= 15 is 0 Å². The van der Waals surface area contributed by atoms with E-state index in [0.717, 1.165) is 35.9 Å². The molecule has 0 radical (unpaired) electrons. The highest BCUT2D eigenvalue weighted by molar-refractivity contribution is 7.23. The highest BCUT2D eigenvalue weighted by Gasteiger charge is 2.34. The molecule has 0 atom stereocenters. The summed E-state index contributed by atoms with van der Waals surface area (Å²) >= 11 is 13.6. The number of nitrogens with zero attached hydrogens (tertiary/aromatic N) is 1. The van der Waals surface area contributed by atoms with Crippen LogP contribution < -0.4 is 5.32 Å². The highest BCUT2D eigenvalue weighted by Crippen LogP contribution is 2.38. The van der Waals surface area contributed by atoms with Crippen LogP contribution in [0.3, 0.4) is 0 Å². The molecule has 6 heteroatoms. The molecule has 1 heterocycles. The smallest absolute Gasteiger partial charge is 0.232 e. The zero-order chi connectivity index (χ0) is 15.7. The molecule has 0 aliphatic heterocycles. The van der Waals surface area contributed by atoms with Crippen molar-refractivity contribution in [2.24, 2.45) is 5.41 Å². The van der Waals surface area contributed by atoms with E-state index in [0.29, 0.717) is 15.2 Å². The van der Waals surface area contributed by atoms with E-state index in [2.05, 4.69) is 17.2 Å². The van der Waals surface area contributed by atoms with Gasteiger partial charge < -0.3 is 5.32 Å². The first-order valence-corrected chi connectivity index (χ1v) is 9.12. The summed E-state index contributed by atoms with van der Waals surface area (Å²) in [7, 11) is 0. The summed E-state index contributed by atoms with van der Waals surface area (Å²) in [5, 5.41) is 4.70. The first-order valence-electron chi connectivity index (χ1n) is 7.55. The molecule has 0 unspecified atom stereocenters. The van der Waals surface area contributed by atoms with Crippen molar-refractivity contribution in [2.75, 3.05) is 5.32 Å². The van der Waals surface area contributed by atoms with Crippen molar-refractivity contribution in [2.45, 2.75) is 45.4 Å². The molecule has 0 spiro atoms. The van der Waals surface area contributed by atoms with Gasteiger partial charge in [-0.2, -0.15) is 0 Å².